The van der Waals surface area contributed by atoms with Crippen molar-refractivity contribution in [3.05, 3.63) is 34.9 Å². The number of methoxy groups -OCH3 is 1. The van der Waals surface area contributed by atoms with E-state index in [4.69, 9.17) is 4.74 Å². The van der Waals surface area contributed by atoms with Crippen molar-refractivity contribution in [1.29, 1.82) is 0 Å². The summed E-state index contributed by atoms with van der Waals surface area (Å²) in [6.45, 7) is 5.38. The monoisotopic (exact) mass is 257 g/mol. The SMILES string of the molecule is CNC(CC(C)(C)OC)c1ccc(C)c(F)c1F. The van der Waals surface area contributed by atoms with Gasteiger partial charge in [-0.3, -0.25) is 0 Å². The molecule has 102 valence electrons. The molecule has 0 radical (unpaired) electrons. The van der Waals surface area contributed by atoms with Gasteiger partial charge in [-0.05, 0) is 39.8 Å². The average molecular weight is 257 g/mol. The van der Waals surface area contributed by atoms with Crippen molar-refractivity contribution in [2.45, 2.75) is 38.8 Å². The van der Waals surface area contributed by atoms with E-state index in [2.05, 4.69) is 5.32 Å². The maximum absolute atomic E-state index is 13.9. The van der Waals surface area contributed by atoms with Crippen molar-refractivity contribution < 1.29 is 13.5 Å². The quantitative estimate of drug-likeness (QED) is 0.873. The minimum atomic E-state index is -0.777. The van der Waals surface area contributed by atoms with Gasteiger partial charge in [0.05, 0.1) is 5.60 Å². The van der Waals surface area contributed by atoms with Crippen molar-refractivity contribution >= 4 is 0 Å². The van der Waals surface area contributed by atoms with Gasteiger partial charge in [-0.1, -0.05) is 12.1 Å². The summed E-state index contributed by atoms with van der Waals surface area (Å²) in [5.74, 6) is -1.55. The van der Waals surface area contributed by atoms with Gasteiger partial charge in [0.1, 0.15) is 0 Å². The van der Waals surface area contributed by atoms with Gasteiger partial charge in [-0.15, -0.1) is 0 Å². The predicted octanol–water partition coefficient (Wildman–Crippen LogP) is 3.35. The topological polar surface area (TPSA) is 21.3 Å². The zero-order valence-electron chi connectivity index (χ0n) is 11.6. The summed E-state index contributed by atoms with van der Waals surface area (Å²) in [6.07, 6.45) is 0.555. The van der Waals surface area contributed by atoms with Gasteiger partial charge in [0.15, 0.2) is 11.6 Å². The van der Waals surface area contributed by atoms with Crippen LogP contribution < -0.4 is 5.32 Å². The summed E-state index contributed by atoms with van der Waals surface area (Å²) in [5, 5.41) is 3.01. The third kappa shape index (κ3) is 3.27. The summed E-state index contributed by atoms with van der Waals surface area (Å²) in [7, 11) is 3.34. The largest absolute Gasteiger partial charge is 0.379 e. The van der Waals surface area contributed by atoms with Crippen molar-refractivity contribution in [3.63, 3.8) is 0 Å². The second kappa shape index (κ2) is 5.76. The smallest absolute Gasteiger partial charge is 0.163 e. The van der Waals surface area contributed by atoms with Crippen LogP contribution in [0, 0.1) is 18.6 Å². The highest BCUT2D eigenvalue weighted by atomic mass is 19.2. The molecular formula is C14H21F2NO. The first-order valence-corrected chi connectivity index (χ1v) is 5.99. The Labute approximate surface area is 107 Å². The molecule has 0 fully saturated rings. The van der Waals surface area contributed by atoms with Gasteiger partial charge >= 0.3 is 0 Å². The fourth-order valence-electron chi connectivity index (χ4n) is 1.87. The highest BCUT2D eigenvalue weighted by Crippen LogP contribution is 2.29. The standard InChI is InChI=1S/C14H21F2NO/c1-9-6-7-10(13(16)12(9)15)11(17-4)8-14(2,3)18-5/h6-7,11,17H,8H2,1-5H3. The van der Waals surface area contributed by atoms with E-state index in [1.165, 1.54) is 0 Å². The molecule has 0 heterocycles. The lowest BCUT2D eigenvalue weighted by Crippen LogP contribution is -2.31. The van der Waals surface area contributed by atoms with E-state index in [1.807, 2.05) is 13.8 Å². The third-order valence-electron chi connectivity index (χ3n) is 3.28. The zero-order valence-corrected chi connectivity index (χ0v) is 11.6. The first-order chi connectivity index (χ1) is 8.32. The number of nitrogens with one attached hydrogen (secondary N) is 1. The molecule has 0 saturated heterocycles. The number of hydrogen-bond acceptors (Lipinski definition) is 2. The lowest BCUT2D eigenvalue weighted by Gasteiger charge is -2.29. The molecule has 1 atom stereocenters. The number of benzene rings is 1. The van der Waals surface area contributed by atoms with Crippen LogP contribution in [0.4, 0.5) is 8.78 Å². The van der Waals surface area contributed by atoms with E-state index in [0.717, 1.165) is 0 Å². The number of aryl methyl sites for hydroxylation is 1. The molecule has 0 aromatic heterocycles. The molecule has 0 bridgehead atoms. The molecule has 0 aliphatic carbocycles. The van der Waals surface area contributed by atoms with Gasteiger partial charge in [0.2, 0.25) is 0 Å². The molecule has 1 rings (SSSR count). The summed E-state index contributed by atoms with van der Waals surface area (Å²) >= 11 is 0. The molecule has 0 aliphatic rings. The van der Waals surface area contributed by atoms with Crippen LogP contribution >= 0.6 is 0 Å². The Balaban J connectivity index is 3.07. The van der Waals surface area contributed by atoms with E-state index in [0.29, 0.717) is 17.5 Å². The molecule has 0 amide bonds. The Kier molecular flexibility index (Phi) is 4.82. The van der Waals surface area contributed by atoms with E-state index < -0.39 is 17.2 Å². The van der Waals surface area contributed by atoms with Crippen LogP contribution in [0.2, 0.25) is 0 Å². The van der Waals surface area contributed by atoms with Crippen LogP contribution in [0.15, 0.2) is 12.1 Å². The van der Waals surface area contributed by atoms with Crippen LogP contribution in [0.25, 0.3) is 0 Å². The van der Waals surface area contributed by atoms with Crippen LogP contribution in [-0.2, 0) is 4.74 Å². The zero-order chi connectivity index (χ0) is 13.9. The van der Waals surface area contributed by atoms with Crippen molar-refractivity contribution in [2.24, 2.45) is 0 Å². The van der Waals surface area contributed by atoms with Gasteiger partial charge in [-0.25, -0.2) is 8.78 Å². The number of hydrogen-bond donors (Lipinski definition) is 1. The average Bonchev–Trinajstić information content (AvgIpc) is 2.34. The van der Waals surface area contributed by atoms with Crippen molar-refractivity contribution in [1.82, 2.24) is 5.32 Å². The summed E-state index contributed by atoms with van der Waals surface area (Å²) in [4.78, 5) is 0. The molecule has 4 heteroatoms. The molecule has 1 aromatic carbocycles. The minimum absolute atomic E-state index is 0.282. The van der Waals surface area contributed by atoms with Crippen LogP contribution in [0.5, 0.6) is 0 Å². The first kappa shape index (κ1) is 15.1. The lowest BCUT2D eigenvalue weighted by atomic mass is 9.92. The summed E-state index contributed by atoms with van der Waals surface area (Å²) in [6, 6.07) is 2.94. The van der Waals surface area contributed by atoms with Gasteiger partial charge < -0.3 is 10.1 Å². The Morgan fingerprint density at radius 3 is 2.39 bits per heavy atom. The normalized spacial score (nSPS) is 13.7. The molecule has 0 saturated carbocycles. The Bertz CT molecular complexity index is 419. The molecule has 0 spiro atoms. The minimum Gasteiger partial charge on any atom is -0.379 e. The number of halogens is 2. The van der Waals surface area contributed by atoms with E-state index in [9.17, 15) is 8.78 Å². The maximum atomic E-state index is 13.9. The van der Waals surface area contributed by atoms with Gasteiger partial charge in [-0.2, -0.15) is 0 Å². The fourth-order valence-corrected chi connectivity index (χ4v) is 1.87. The molecular weight excluding hydrogens is 236 g/mol. The molecule has 1 unspecified atom stereocenters. The second-order valence-electron chi connectivity index (χ2n) is 5.11. The first-order valence-electron chi connectivity index (χ1n) is 5.99. The van der Waals surface area contributed by atoms with Crippen molar-refractivity contribution in [2.75, 3.05) is 14.2 Å². The second-order valence-corrected chi connectivity index (χ2v) is 5.11. The Morgan fingerprint density at radius 1 is 1.28 bits per heavy atom. The molecule has 18 heavy (non-hydrogen) atoms. The number of rotatable bonds is 5. The highest BCUT2D eigenvalue weighted by Gasteiger charge is 2.26. The van der Waals surface area contributed by atoms with Gasteiger partial charge in [0, 0.05) is 18.7 Å². The summed E-state index contributed by atoms with van der Waals surface area (Å²) < 4.78 is 32.8. The maximum Gasteiger partial charge on any atom is 0.163 e. The van der Waals surface area contributed by atoms with Crippen LogP contribution in [0.3, 0.4) is 0 Å². The number of ether oxygens (including phenoxy) is 1. The van der Waals surface area contributed by atoms with E-state index in [-0.39, 0.29) is 6.04 Å². The highest BCUT2D eigenvalue weighted by molar-refractivity contribution is 5.28. The third-order valence-corrected chi connectivity index (χ3v) is 3.28. The fraction of sp³-hybridized carbons (Fsp3) is 0.571. The van der Waals surface area contributed by atoms with Gasteiger partial charge in [0.25, 0.3) is 0 Å². The van der Waals surface area contributed by atoms with Crippen molar-refractivity contribution in [3.8, 4) is 0 Å². The molecule has 1 N–H and O–H groups in total. The van der Waals surface area contributed by atoms with Crippen LogP contribution in [0.1, 0.15) is 37.4 Å². The predicted molar refractivity (Wildman–Crippen MR) is 68.6 cm³/mol. The Hall–Kier alpha value is -1.00. The Morgan fingerprint density at radius 2 is 1.89 bits per heavy atom. The summed E-state index contributed by atoms with van der Waals surface area (Å²) in [5.41, 5.74) is 0.254. The van der Waals surface area contributed by atoms with Crippen LogP contribution in [-0.4, -0.2) is 19.8 Å². The molecule has 0 aliphatic heterocycles. The van der Waals surface area contributed by atoms with E-state index >= 15 is 0 Å². The van der Waals surface area contributed by atoms with E-state index in [1.54, 1.807) is 33.2 Å². The molecule has 1 aromatic rings. The lowest BCUT2D eigenvalue weighted by molar-refractivity contribution is 0.00714. The molecule has 2 nitrogen and oxygen atoms in total.